The Hall–Kier alpha value is -1.52. The van der Waals surface area contributed by atoms with Crippen molar-refractivity contribution in [1.82, 2.24) is 0 Å². The van der Waals surface area contributed by atoms with Gasteiger partial charge in [-0.05, 0) is 18.1 Å². The van der Waals surface area contributed by atoms with Gasteiger partial charge in [0.25, 0.3) is 0 Å². The number of carboxylic acids is 1. The molecule has 0 fully saturated rings. The lowest BCUT2D eigenvalue weighted by Gasteiger charge is -2.14. The number of hydrogen-bond donors (Lipinski definition) is 1. The predicted octanol–water partition coefficient (Wildman–Crippen LogP) is 2.64. The first-order valence-corrected chi connectivity index (χ1v) is 4.20. The first-order valence-electron chi connectivity index (χ1n) is 4.20. The van der Waals surface area contributed by atoms with Crippen molar-refractivity contribution >= 4 is 5.97 Å². The molecule has 15 heavy (non-hydrogen) atoms. The van der Waals surface area contributed by atoms with Crippen LogP contribution in [0.4, 0.5) is 13.2 Å². The van der Waals surface area contributed by atoms with Crippen LogP contribution in [0.15, 0.2) is 18.2 Å². The van der Waals surface area contributed by atoms with Crippen LogP contribution in [0.1, 0.15) is 16.7 Å². The van der Waals surface area contributed by atoms with Gasteiger partial charge in [-0.25, -0.2) is 0 Å². The highest BCUT2D eigenvalue weighted by molar-refractivity contribution is 5.71. The van der Waals surface area contributed by atoms with Crippen molar-refractivity contribution in [3.8, 4) is 0 Å². The Morgan fingerprint density at radius 2 is 2.00 bits per heavy atom. The zero-order valence-electron chi connectivity index (χ0n) is 7.93. The third-order valence-electron chi connectivity index (χ3n) is 1.98. The number of hydrogen-bond acceptors (Lipinski definition) is 1. The summed E-state index contributed by atoms with van der Waals surface area (Å²) >= 11 is 0. The highest BCUT2D eigenvalue weighted by atomic mass is 19.4. The van der Waals surface area contributed by atoms with E-state index in [-0.39, 0.29) is 11.1 Å². The Morgan fingerprint density at radius 1 is 1.40 bits per heavy atom. The van der Waals surface area contributed by atoms with Gasteiger partial charge in [-0.2, -0.15) is 13.2 Å². The summed E-state index contributed by atoms with van der Waals surface area (Å²) in [5.74, 6) is -1.27. The average Bonchev–Trinajstić information content (AvgIpc) is 1.99. The molecule has 0 bridgehead atoms. The summed E-state index contributed by atoms with van der Waals surface area (Å²) in [5.41, 5.74) is -0.997. The van der Waals surface area contributed by atoms with E-state index in [2.05, 4.69) is 0 Å². The quantitative estimate of drug-likeness (QED) is 0.828. The van der Waals surface area contributed by atoms with Crippen molar-refractivity contribution in [3.05, 3.63) is 34.9 Å². The normalized spacial score (nSPS) is 11.5. The zero-order chi connectivity index (χ0) is 11.6. The standard InChI is InChI=1S/C10H9F3O2/c1-6-3-2-4-7(5-8(14)15)9(6)10(11,12)13/h2-4H,5H2,1H3,(H,14,15). The lowest BCUT2D eigenvalue weighted by Crippen LogP contribution is -2.14. The summed E-state index contributed by atoms with van der Waals surface area (Å²) in [6, 6.07) is 3.92. The van der Waals surface area contributed by atoms with Crippen LogP contribution in [-0.4, -0.2) is 11.1 Å². The van der Waals surface area contributed by atoms with E-state index in [0.29, 0.717) is 0 Å². The van der Waals surface area contributed by atoms with Crippen molar-refractivity contribution in [2.75, 3.05) is 0 Å². The van der Waals surface area contributed by atoms with Crippen molar-refractivity contribution in [3.63, 3.8) is 0 Å². The van der Waals surface area contributed by atoms with E-state index < -0.39 is 24.1 Å². The van der Waals surface area contributed by atoms with Gasteiger partial charge in [0, 0.05) is 0 Å². The van der Waals surface area contributed by atoms with Crippen LogP contribution in [-0.2, 0) is 17.4 Å². The first-order chi connectivity index (χ1) is 6.82. The average molecular weight is 218 g/mol. The van der Waals surface area contributed by atoms with Gasteiger partial charge in [-0.15, -0.1) is 0 Å². The molecule has 0 saturated heterocycles. The van der Waals surface area contributed by atoms with Gasteiger partial charge in [0.05, 0.1) is 12.0 Å². The van der Waals surface area contributed by atoms with Crippen LogP contribution in [0.3, 0.4) is 0 Å². The SMILES string of the molecule is Cc1cccc(CC(=O)O)c1C(F)(F)F. The van der Waals surface area contributed by atoms with E-state index >= 15 is 0 Å². The Bertz CT molecular complexity index is 383. The molecule has 0 aromatic heterocycles. The fourth-order valence-electron chi connectivity index (χ4n) is 1.44. The summed E-state index contributed by atoms with van der Waals surface area (Å²) in [4.78, 5) is 10.4. The number of aliphatic carboxylic acids is 1. The molecule has 0 heterocycles. The topological polar surface area (TPSA) is 37.3 Å². The number of carbonyl (C=O) groups is 1. The molecule has 0 aliphatic carbocycles. The van der Waals surface area contributed by atoms with Crippen molar-refractivity contribution in [1.29, 1.82) is 0 Å². The van der Waals surface area contributed by atoms with E-state index in [1.54, 1.807) is 0 Å². The van der Waals surface area contributed by atoms with Gasteiger partial charge < -0.3 is 5.11 Å². The van der Waals surface area contributed by atoms with Crippen molar-refractivity contribution in [2.24, 2.45) is 0 Å². The summed E-state index contributed by atoms with van der Waals surface area (Å²) in [6.45, 7) is 1.31. The lowest BCUT2D eigenvalue weighted by atomic mass is 9.99. The molecule has 0 aliphatic heterocycles. The van der Waals surface area contributed by atoms with Gasteiger partial charge in [-0.1, -0.05) is 18.2 Å². The Labute approximate surface area is 84.3 Å². The minimum Gasteiger partial charge on any atom is -0.481 e. The van der Waals surface area contributed by atoms with Gasteiger partial charge in [0.1, 0.15) is 0 Å². The molecule has 1 N–H and O–H groups in total. The van der Waals surface area contributed by atoms with Gasteiger partial charge in [-0.3, -0.25) is 4.79 Å². The van der Waals surface area contributed by atoms with Crippen LogP contribution < -0.4 is 0 Å². The molecule has 82 valence electrons. The summed E-state index contributed by atoms with van der Waals surface area (Å²) in [6.07, 6.45) is -5.12. The van der Waals surface area contributed by atoms with E-state index in [0.717, 1.165) is 0 Å². The molecule has 0 atom stereocenters. The maximum absolute atomic E-state index is 12.6. The summed E-state index contributed by atoms with van der Waals surface area (Å²) < 4.78 is 37.7. The largest absolute Gasteiger partial charge is 0.481 e. The third kappa shape index (κ3) is 2.71. The number of carboxylic acid groups (broad SMARTS) is 1. The second-order valence-corrected chi connectivity index (χ2v) is 3.18. The number of aryl methyl sites for hydroxylation is 1. The molecule has 0 spiro atoms. The molecular weight excluding hydrogens is 209 g/mol. The molecule has 0 amide bonds. The van der Waals surface area contributed by atoms with Crippen molar-refractivity contribution in [2.45, 2.75) is 19.5 Å². The zero-order valence-corrected chi connectivity index (χ0v) is 7.93. The fourth-order valence-corrected chi connectivity index (χ4v) is 1.44. The Balaban J connectivity index is 3.27. The first kappa shape index (κ1) is 11.6. The number of benzene rings is 1. The van der Waals surface area contributed by atoms with Gasteiger partial charge in [0.15, 0.2) is 0 Å². The smallest absolute Gasteiger partial charge is 0.416 e. The highest BCUT2D eigenvalue weighted by Crippen LogP contribution is 2.34. The van der Waals surface area contributed by atoms with Crippen LogP contribution >= 0.6 is 0 Å². The van der Waals surface area contributed by atoms with E-state index in [1.807, 2.05) is 0 Å². The molecule has 2 nitrogen and oxygen atoms in total. The third-order valence-corrected chi connectivity index (χ3v) is 1.98. The minimum atomic E-state index is -4.50. The van der Waals surface area contributed by atoms with E-state index in [9.17, 15) is 18.0 Å². The summed E-state index contributed by atoms with van der Waals surface area (Å²) in [5, 5.41) is 8.48. The van der Waals surface area contributed by atoms with E-state index in [4.69, 9.17) is 5.11 Å². The number of halogens is 3. The second kappa shape index (κ2) is 3.92. The minimum absolute atomic E-state index is 0.0428. The molecule has 5 heteroatoms. The Kier molecular flexibility index (Phi) is 3.02. The Morgan fingerprint density at radius 3 is 2.47 bits per heavy atom. The monoisotopic (exact) mass is 218 g/mol. The molecule has 1 aromatic carbocycles. The van der Waals surface area contributed by atoms with E-state index in [1.165, 1.54) is 25.1 Å². The predicted molar refractivity (Wildman–Crippen MR) is 47.5 cm³/mol. The molecule has 0 saturated carbocycles. The molecular formula is C10H9F3O2. The second-order valence-electron chi connectivity index (χ2n) is 3.18. The maximum Gasteiger partial charge on any atom is 0.416 e. The lowest BCUT2D eigenvalue weighted by molar-refractivity contribution is -0.140. The van der Waals surface area contributed by atoms with Crippen molar-refractivity contribution < 1.29 is 23.1 Å². The molecule has 0 aliphatic rings. The molecule has 0 radical (unpaired) electrons. The van der Waals surface area contributed by atoms with Gasteiger partial charge >= 0.3 is 12.1 Å². The molecule has 0 unspecified atom stereocenters. The number of rotatable bonds is 2. The van der Waals surface area contributed by atoms with Crippen LogP contribution in [0.2, 0.25) is 0 Å². The molecule has 1 rings (SSSR count). The molecule has 1 aromatic rings. The highest BCUT2D eigenvalue weighted by Gasteiger charge is 2.35. The fraction of sp³-hybridized carbons (Fsp3) is 0.300. The maximum atomic E-state index is 12.6. The number of alkyl halides is 3. The summed E-state index contributed by atoms with van der Waals surface area (Å²) in [7, 11) is 0. The van der Waals surface area contributed by atoms with Crippen LogP contribution in [0.25, 0.3) is 0 Å². The van der Waals surface area contributed by atoms with Crippen LogP contribution in [0, 0.1) is 6.92 Å². The van der Waals surface area contributed by atoms with Gasteiger partial charge in [0.2, 0.25) is 0 Å². The van der Waals surface area contributed by atoms with Crippen LogP contribution in [0.5, 0.6) is 0 Å².